The second kappa shape index (κ2) is 10.8. The third-order valence-corrected chi connectivity index (χ3v) is 5.08. The molecule has 0 fully saturated rings. The van der Waals surface area contributed by atoms with E-state index in [0.717, 1.165) is 24.3 Å². The number of nitro benzene ring substituents is 1. The molecule has 0 radical (unpaired) electrons. The number of anilines is 1. The first-order chi connectivity index (χ1) is 17.7. The van der Waals surface area contributed by atoms with Crippen molar-refractivity contribution >= 4 is 35.0 Å². The standard InChI is InChI=1S/C24H12ClF6N3O4/c25-18-9-13(8-14(12-32)22(35)33-17-3-1-2-15(10-17)23(26,27)28)4-6-20(18)38-21-7-5-16(24(29,30)31)11-19(21)34(36)37/h1-11H,(H,33,35)/b14-8+. The first-order valence-electron chi connectivity index (χ1n) is 10.1. The van der Waals surface area contributed by atoms with E-state index in [0.29, 0.717) is 18.2 Å². The number of halogens is 7. The summed E-state index contributed by atoms with van der Waals surface area (Å²) in [4.78, 5) is 22.6. The average molecular weight is 556 g/mol. The number of hydrogen-bond donors (Lipinski definition) is 1. The highest BCUT2D eigenvalue weighted by Crippen LogP contribution is 2.39. The number of alkyl halides is 6. The molecule has 0 unspecified atom stereocenters. The monoisotopic (exact) mass is 555 g/mol. The molecule has 1 amide bonds. The van der Waals surface area contributed by atoms with E-state index in [1.807, 2.05) is 0 Å². The Morgan fingerprint density at radius 3 is 2.18 bits per heavy atom. The molecule has 0 heterocycles. The summed E-state index contributed by atoms with van der Waals surface area (Å²) in [6.45, 7) is 0. The van der Waals surface area contributed by atoms with Gasteiger partial charge < -0.3 is 10.1 Å². The van der Waals surface area contributed by atoms with Gasteiger partial charge in [0.1, 0.15) is 17.4 Å². The molecular weight excluding hydrogens is 544 g/mol. The zero-order valence-corrected chi connectivity index (χ0v) is 19.3. The number of ether oxygens (including phenoxy) is 1. The normalized spacial score (nSPS) is 12.0. The fourth-order valence-corrected chi connectivity index (χ4v) is 3.25. The van der Waals surface area contributed by atoms with Gasteiger partial charge in [0, 0.05) is 11.8 Å². The maximum atomic E-state index is 12.9. The van der Waals surface area contributed by atoms with E-state index in [4.69, 9.17) is 16.3 Å². The van der Waals surface area contributed by atoms with E-state index in [1.165, 1.54) is 24.3 Å². The fourth-order valence-electron chi connectivity index (χ4n) is 3.02. The molecule has 38 heavy (non-hydrogen) atoms. The first kappa shape index (κ1) is 28.0. The molecule has 0 saturated carbocycles. The Hall–Kier alpha value is -4.57. The van der Waals surface area contributed by atoms with Crippen molar-refractivity contribution in [2.45, 2.75) is 12.4 Å². The van der Waals surface area contributed by atoms with E-state index >= 15 is 0 Å². The number of nitro groups is 1. The van der Waals surface area contributed by atoms with Crippen LogP contribution < -0.4 is 10.1 Å². The van der Waals surface area contributed by atoms with Crippen LogP contribution in [0.1, 0.15) is 16.7 Å². The summed E-state index contributed by atoms with van der Waals surface area (Å²) in [7, 11) is 0. The van der Waals surface area contributed by atoms with Crippen LogP contribution in [0.3, 0.4) is 0 Å². The molecule has 0 bridgehead atoms. The van der Waals surface area contributed by atoms with Gasteiger partial charge in [0.25, 0.3) is 5.91 Å². The minimum atomic E-state index is -4.82. The van der Waals surface area contributed by atoms with Crippen molar-refractivity contribution < 1.29 is 40.8 Å². The van der Waals surface area contributed by atoms with Crippen molar-refractivity contribution in [2.75, 3.05) is 5.32 Å². The van der Waals surface area contributed by atoms with Crippen molar-refractivity contribution in [3.8, 4) is 17.6 Å². The lowest BCUT2D eigenvalue weighted by Gasteiger charge is -2.11. The molecule has 14 heteroatoms. The van der Waals surface area contributed by atoms with Crippen LogP contribution in [0.25, 0.3) is 6.08 Å². The van der Waals surface area contributed by atoms with Crippen molar-refractivity contribution in [3.63, 3.8) is 0 Å². The van der Waals surface area contributed by atoms with Gasteiger partial charge in [0.2, 0.25) is 5.75 Å². The lowest BCUT2D eigenvalue weighted by Crippen LogP contribution is -2.14. The molecule has 3 aromatic rings. The minimum Gasteiger partial charge on any atom is -0.449 e. The quantitative estimate of drug-likeness (QED) is 0.111. The summed E-state index contributed by atoms with van der Waals surface area (Å²) < 4.78 is 82.6. The van der Waals surface area contributed by atoms with Crippen LogP contribution in [0.4, 0.5) is 37.7 Å². The number of amides is 1. The minimum absolute atomic E-state index is 0.167. The number of nitriles is 1. The van der Waals surface area contributed by atoms with Crippen LogP contribution in [-0.2, 0) is 17.1 Å². The Morgan fingerprint density at radius 2 is 1.61 bits per heavy atom. The lowest BCUT2D eigenvalue weighted by molar-refractivity contribution is -0.385. The van der Waals surface area contributed by atoms with E-state index in [2.05, 4.69) is 5.32 Å². The van der Waals surface area contributed by atoms with E-state index in [9.17, 15) is 46.5 Å². The molecule has 3 rings (SSSR count). The zero-order valence-electron chi connectivity index (χ0n) is 18.5. The van der Waals surface area contributed by atoms with Gasteiger partial charge >= 0.3 is 18.0 Å². The smallest absolute Gasteiger partial charge is 0.416 e. The third kappa shape index (κ3) is 6.80. The molecule has 1 N–H and O–H groups in total. The number of rotatable bonds is 6. The average Bonchev–Trinajstić information content (AvgIpc) is 2.83. The fraction of sp³-hybridized carbons (Fsp3) is 0.0833. The Morgan fingerprint density at radius 1 is 0.974 bits per heavy atom. The van der Waals surface area contributed by atoms with E-state index in [-0.39, 0.29) is 22.0 Å². The molecule has 0 atom stereocenters. The molecule has 0 spiro atoms. The topological polar surface area (TPSA) is 105 Å². The third-order valence-electron chi connectivity index (χ3n) is 4.78. The van der Waals surface area contributed by atoms with Crippen LogP contribution >= 0.6 is 11.6 Å². The van der Waals surface area contributed by atoms with Gasteiger partial charge in [-0.1, -0.05) is 23.7 Å². The molecule has 0 aromatic heterocycles. The van der Waals surface area contributed by atoms with E-state index < -0.39 is 51.3 Å². The zero-order chi connectivity index (χ0) is 28.3. The summed E-state index contributed by atoms with van der Waals surface area (Å²) in [6, 6.07) is 10.7. The van der Waals surface area contributed by atoms with Gasteiger partial charge in [0.15, 0.2) is 0 Å². The molecule has 0 saturated heterocycles. The Labute approximate surface area is 214 Å². The number of hydrogen-bond acceptors (Lipinski definition) is 5. The molecule has 3 aromatic carbocycles. The lowest BCUT2D eigenvalue weighted by atomic mass is 10.1. The Kier molecular flexibility index (Phi) is 7.97. The first-order valence-corrected chi connectivity index (χ1v) is 10.5. The molecule has 0 aliphatic rings. The summed E-state index contributed by atoms with van der Waals surface area (Å²) in [5.41, 5.74) is -3.75. The van der Waals surface area contributed by atoms with Crippen LogP contribution in [0, 0.1) is 21.4 Å². The predicted octanol–water partition coefficient (Wildman–Crippen LogP) is 7.62. The van der Waals surface area contributed by atoms with Gasteiger partial charge in [0.05, 0.1) is 21.1 Å². The van der Waals surface area contributed by atoms with E-state index in [1.54, 1.807) is 6.07 Å². The molecule has 0 aliphatic carbocycles. The van der Waals surface area contributed by atoms with Crippen molar-refractivity contribution in [3.05, 3.63) is 98.1 Å². The predicted molar refractivity (Wildman–Crippen MR) is 123 cm³/mol. The van der Waals surface area contributed by atoms with Crippen molar-refractivity contribution in [2.24, 2.45) is 0 Å². The van der Waals surface area contributed by atoms with Crippen molar-refractivity contribution in [1.29, 1.82) is 5.26 Å². The Balaban J connectivity index is 1.83. The SMILES string of the molecule is N#C/C(=C\c1ccc(Oc2ccc(C(F)(F)F)cc2[N+](=O)[O-])c(Cl)c1)C(=O)Nc1cccc(C(F)(F)F)c1. The summed E-state index contributed by atoms with van der Waals surface area (Å²) in [6.07, 6.45) is -8.39. The maximum Gasteiger partial charge on any atom is 0.416 e. The van der Waals surface area contributed by atoms with Gasteiger partial charge in [-0.25, -0.2) is 0 Å². The number of carbonyl (C=O) groups is 1. The maximum absolute atomic E-state index is 12.9. The number of nitrogens with one attached hydrogen (secondary N) is 1. The highest BCUT2D eigenvalue weighted by molar-refractivity contribution is 6.32. The second-order valence-electron chi connectivity index (χ2n) is 7.43. The molecule has 0 aliphatic heterocycles. The highest BCUT2D eigenvalue weighted by Gasteiger charge is 2.33. The van der Waals surface area contributed by atoms with Gasteiger partial charge in [-0.15, -0.1) is 0 Å². The van der Waals surface area contributed by atoms with Crippen LogP contribution in [0.2, 0.25) is 5.02 Å². The summed E-state index contributed by atoms with van der Waals surface area (Å²) >= 11 is 6.12. The van der Waals surface area contributed by atoms with Gasteiger partial charge in [-0.05, 0) is 54.1 Å². The van der Waals surface area contributed by atoms with Crippen LogP contribution in [-0.4, -0.2) is 10.8 Å². The number of carbonyl (C=O) groups excluding carboxylic acids is 1. The Bertz CT molecular complexity index is 1480. The van der Waals surface area contributed by atoms with Crippen molar-refractivity contribution in [1.82, 2.24) is 0 Å². The number of nitrogens with zero attached hydrogens (tertiary/aromatic N) is 2. The highest BCUT2D eigenvalue weighted by atomic mass is 35.5. The van der Waals surface area contributed by atoms with Crippen LogP contribution in [0.5, 0.6) is 11.5 Å². The van der Waals surface area contributed by atoms with Crippen LogP contribution in [0.15, 0.2) is 66.2 Å². The number of benzene rings is 3. The molecule has 196 valence electrons. The van der Waals surface area contributed by atoms with Gasteiger partial charge in [-0.2, -0.15) is 31.6 Å². The molecular formula is C24H12ClF6N3O4. The largest absolute Gasteiger partial charge is 0.449 e. The second-order valence-corrected chi connectivity index (χ2v) is 7.84. The summed E-state index contributed by atoms with van der Waals surface area (Å²) in [5, 5.41) is 22.6. The summed E-state index contributed by atoms with van der Waals surface area (Å²) in [5.74, 6) is -1.71. The van der Waals surface area contributed by atoms with Gasteiger partial charge in [-0.3, -0.25) is 14.9 Å². The molecule has 7 nitrogen and oxygen atoms in total.